The molecule has 0 saturated heterocycles. The van der Waals surface area contributed by atoms with E-state index in [4.69, 9.17) is 11.5 Å². The molecule has 1 aliphatic rings. The Bertz CT molecular complexity index is 779. The average molecular weight is 516 g/mol. The number of rotatable bonds is 0. The maximum Gasteiger partial charge on any atom is 2.00 e. The minimum Gasteiger partial charge on any atom is -0.676 e. The average Bonchev–Trinajstić information content (AvgIpc) is 2.63. The molecule has 4 rings (SSSR count). The number of nitrogens with zero attached hydrogens (tertiary/aromatic N) is 2. The summed E-state index contributed by atoms with van der Waals surface area (Å²) in [5.41, 5.74) is 19.2. The summed E-state index contributed by atoms with van der Waals surface area (Å²) in [5, 5.41) is 2.40. The van der Waals surface area contributed by atoms with Gasteiger partial charge in [-0.1, -0.05) is 37.8 Å². The van der Waals surface area contributed by atoms with Gasteiger partial charge in [0.1, 0.15) is 0 Å². The van der Waals surface area contributed by atoms with Crippen LogP contribution in [0.5, 0.6) is 0 Å². The molecule has 1 aliphatic carbocycles. The van der Waals surface area contributed by atoms with Crippen molar-refractivity contribution in [3.63, 3.8) is 0 Å². The van der Waals surface area contributed by atoms with Gasteiger partial charge >= 0.3 is 21.1 Å². The van der Waals surface area contributed by atoms with Crippen LogP contribution >= 0.6 is 0 Å². The Labute approximate surface area is 163 Å². The monoisotopic (exact) mass is 515 g/mol. The quantitative estimate of drug-likeness (QED) is 0.355. The molecular weight excluding hydrogens is 491 g/mol. The molecule has 5 heteroatoms. The van der Waals surface area contributed by atoms with E-state index in [1.807, 2.05) is 24.5 Å². The number of hydrogen-bond donors (Lipinski definition) is 0. The molecule has 2 aromatic heterocycles. The van der Waals surface area contributed by atoms with Crippen molar-refractivity contribution in [1.82, 2.24) is 9.97 Å². The second kappa shape index (κ2) is 8.84. The Kier molecular flexibility index (Phi) is 7.06. The van der Waals surface area contributed by atoms with Gasteiger partial charge < -0.3 is 11.5 Å². The number of nitrogens with one attached hydrogen (secondary N) is 2. The summed E-state index contributed by atoms with van der Waals surface area (Å²) in [6.07, 6.45) is 7.89. The number of benzene rings is 1. The fraction of sp³-hybridized carbons (Fsp3) is 0.400. The van der Waals surface area contributed by atoms with Gasteiger partial charge in [-0.15, -0.1) is 0 Å². The van der Waals surface area contributed by atoms with Crippen molar-refractivity contribution in [3.05, 3.63) is 59.3 Å². The van der Waals surface area contributed by atoms with Crippen molar-refractivity contribution < 1.29 is 21.1 Å². The van der Waals surface area contributed by atoms with Gasteiger partial charge in [-0.3, -0.25) is 9.97 Å². The van der Waals surface area contributed by atoms with E-state index >= 15 is 0 Å². The van der Waals surface area contributed by atoms with Crippen molar-refractivity contribution >= 4 is 21.8 Å². The Morgan fingerprint density at radius 3 is 1.56 bits per heavy atom. The molecule has 0 unspecified atom stereocenters. The van der Waals surface area contributed by atoms with Crippen molar-refractivity contribution in [2.24, 2.45) is 0 Å². The van der Waals surface area contributed by atoms with Crippen LogP contribution in [-0.4, -0.2) is 22.1 Å². The molecule has 0 radical (unpaired) electrons. The predicted octanol–water partition coefficient (Wildman–Crippen LogP) is 5.80. The van der Waals surface area contributed by atoms with Crippen LogP contribution in [0.15, 0.2) is 36.7 Å². The van der Waals surface area contributed by atoms with Crippen LogP contribution < -0.4 is 0 Å². The van der Waals surface area contributed by atoms with Gasteiger partial charge in [0.2, 0.25) is 0 Å². The number of pyridine rings is 2. The van der Waals surface area contributed by atoms with Gasteiger partial charge in [-0.25, -0.2) is 0 Å². The molecule has 1 saturated carbocycles. The molecule has 0 amide bonds. The van der Waals surface area contributed by atoms with E-state index in [9.17, 15) is 0 Å². The predicted molar refractivity (Wildman–Crippen MR) is 101 cm³/mol. The summed E-state index contributed by atoms with van der Waals surface area (Å²) < 4.78 is 0. The molecule has 2 heterocycles. The first-order chi connectivity index (χ1) is 11.6. The molecule has 3 aromatic rings. The Morgan fingerprint density at radius 2 is 1.20 bits per heavy atom. The molecule has 0 aliphatic heterocycles. The number of aromatic nitrogens is 2. The van der Waals surface area contributed by atoms with Gasteiger partial charge in [0.15, 0.2) is 0 Å². The van der Waals surface area contributed by atoms with Gasteiger partial charge in [0.05, 0.1) is 11.0 Å². The number of aryl methyl sites for hydroxylation is 2. The van der Waals surface area contributed by atoms with Gasteiger partial charge in [-0.05, 0) is 37.1 Å². The number of hydrogen-bond acceptors (Lipinski definition) is 2. The molecule has 4 nitrogen and oxygen atoms in total. The molecule has 134 valence electrons. The van der Waals surface area contributed by atoms with Crippen LogP contribution in [-0.2, 0) is 21.1 Å². The van der Waals surface area contributed by atoms with Gasteiger partial charge in [0, 0.05) is 23.2 Å². The zero-order valence-corrected chi connectivity index (χ0v) is 16.9. The molecule has 0 bridgehead atoms. The molecule has 2 N–H and O–H groups in total. The van der Waals surface area contributed by atoms with Crippen molar-refractivity contribution in [2.45, 2.75) is 51.6 Å². The molecular formula is C20H24N4Pt. The Balaban J connectivity index is 0.000000214. The minimum atomic E-state index is -0.0799. The topological polar surface area (TPSA) is 73.4 Å². The van der Waals surface area contributed by atoms with E-state index in [0.29, 0.717) is 0 Å². The maximum atomic E-state index is 7.29. The van der Waals surface area contributed by atoms with Crippen molar-refractivity contribution in [3.8, 4) is 0 Å². The Hall–Kier alpha value is -1.35. The summed E-state index contributed by atoms with van der Waals surface area (Å²) in [6, 6.07) is 8.01. The minimum absolute atomic E-state index is 0. The SMILES string of the molecule is Cc1c(C)c2cccnc2c2ncccc12.[NH-][C@@H]1CCCC[C@H]1[NH-].[Pt+2]. The number of fused-ring (bicyclic) bond motifs is 3. The van der Waals surface area contributed by atoms with E-state index in [1.54, 1.807) is 0 Å². The summed E-state index contributed by atoms with van der Waals surface area (Å²) in [7, 11) is 0. The summed E-state index contributed by atoms with van der Waals surface area (Å²) in [6.45, 7) is 4.29. The van der Waals surface area contributed by atoms with Gasteiger partial charge in [0.25, 0.3) is 0 Å². The van der Waals surface area contributed by atoms with Crippen molar-refractivity contribution in [1.29, 1.82) is 0 Å². The third-order valence-corrected chi connectivity index (χ3v) is 4.98. The van der Waals surface area contributed by atoms with Crippen LogP contribution in [0.3, 0.4) is 0 Å². The first kappa shape index (κ1) is 20.0. The standard InChI is InChI=1S/C14H12N2.C6H12N2.Pt/c1-9-10(2)12-6-4-8-16-14(12)13-11(9)5-3-7-15-13;7-5-3-1-2-4-6(5)8;/h3-8H,1-2H3;5-8H,1-4H2;/q;-2;+2/t;5-,6-;/m.1./s1. The van der Waals surface area contributed by atoms with Crippen LogP contribution in [0.1, 0.15) is 36.8 Å². The van der Waals surface area contributed by atoms with E-state index < -0.39 is 0 Å². The zero-order valence-electron chi connectivity index (χ0n) is 14.7. The molecule has 0 spiro atoms. The van der Waals surface area contributed by atoms with E-state index in [1.165, 1.54) is 34.7 Å². The van der Waals surface area contributed by atoms with Crippen LogP contribution in [0.4, 0.5) is 0 Å². The van der Waals surface area contributed by atoms with Crippen LogP contribution in [0, 0.1) is 13.8 Å². The molecule has 2 atom stereocenters. The fourth-order valence-electron chi connectivity index (χ4n) is 3.33. The van der Waals surface area contributed by atoms with E-state index in [0.717, 1.165) is 23.9 Å². The third kappa shape index (κ3) is 4.25. The zero-order chi connectivity index (χ0) is 17.1. The smallest absolute Gasteiger partial charge is 0.676 e. The summed E-state index contributed by atoms with van der Waals surface area (Å²) in [4.78, 5) is 8.90. The van der Waals surface area contributed by atoms with Crippen LogP contribution in [0.2, 0.25) is 0 Å². The Morgan fingerprint density at radius 1 is 0.800 bits per heavy atom. The first-order valence-corrected chi connectivity index (χ1v) is 8.60. The first-order valence-electron chi connectivity index (χ1n) is 8.60. The van der Waals surface area contributed by atoms with E-state index in [2.05, 4.69) is 35.9 Å². The van der Waals surface area contributed by atoms with Crippen LogP contribution in [0.25, 0.3) is 33.3 Å². The maximum absolute atomic E-state index is 7.29. The third-order valence-electron chi connectivity index (χ3n) is 4.98. The second-order valence-corrected chi connectivity index (χ2v) is 6.55. The molecule has 25 heavy (non-hydrogen) atoms. The largest absolute Gasteiger partial charge is 2.00 e. The van der Waals surface area contributed by atoms with Crippen molar-refractivity contribution in [2.75, 3.05) is 0 Å². The van der Waals surface area contributed by atoms with E-state index in [-0.39, 0.29) is 33.1 Å². The summed E-state index contributed by atoms with van der Waals surface area (Å²) in [5.74, 6) is 0. The molecule has 1 aromatic carbocycles. The molecule has 1 fully saturated rings. The second-order valence-electron chi connectivity index (χ2n) is 6.55. The normalized spacial score (nSPS) is 19.8. The fourth-order valence-corrected chi connectivity index (χ4v) is 3.33. The van der Waals surface area contributed by atoms with Gasteiger partial charge in [-0.2, -0.15) is 12.1 Å². The summed E-state index contributed by atoms with van der Waals surface area (Å²) >= 11 is 0.